The molecule has 0 N–H and O–H groups in total. The Labute approximate surface area is 79.9 Å². The maximum absolute atomic E-state index is 12.6. The van der Waals surface area contributed by atoms with E-state index in [0.29, 0.717) is 16.5 Å². The summed E-state index contributed by atoms with van der Waals surface area (Å²) in [5, 5.41) is 0. The highest BCUT2D eigenvalue weighted by Crippen LogP contribution is 2.20. The third-order valence-electron chi connectivity index (χ3n) is 1.36. The van der Waals surface area contributed by atoms with Crippen LogP contribution in [0, 0.1) is 0 Å². The molecule has 0 fully saturated rings. The van der Waals surface area contributed by atoms with Crippen molar-refractivity contribution in [2.75, 3.05) is 7.05 Å². The van der Waals surface area contributed by atoms with Gasteiger partial charge in [0.05, 0.1) is 0 Å². The molecule has 4 heteroatoms. The summed E-state index contributed by atoms with van der Waals surface area (Å²) in [6, 6.07) is 0. The Morgan fingerprint density at radius 3 is 2.33 bits per heavy atom. The number of amides is 1. The Bertz CT molecular complexity index is 231. The first-order chi connectivity index (χ1) is 5.49. The second-order valence-corrected chi connectivity index (χ2v) is 3.26. The molecule has 0 bridgehead atoms. The molecule has 0 aliphatic carbocycles. The van der Waals surface area contributed by atoms with E-state index in [1.165, 1.54) is 18.0 Å². The molecule has 0 aromatic heterocycles. The van der Waals surface area contributed by atoms with E-state index in [4.69, 9.17) is 0 Å². The zero-order valence-corrected chi connectivity index (χ0v) is 8.85. The maximum atomic E-state index is 12.6. The van der Waals surface area contributed by atoms with Crippen molar-refractivity contribution < 1.29 is 9.18 Å². The largest absolute Gasteiger partial charge is 0.324 e. The van der Waals surface area contributed by atoms with Crippen molar-refractivity contribution >= 4 is 22.3 Å². The summed E-state index contributed by atoms with van der Waals surface area (Å²) in [5.41, 5.74) is 0.490. The molecule has 68 valence electrons. The van der Waals surface area contributed by atoms with Crippen LogP contribution < -0.4 is 0 Å². The van der Waals surface area contributed by atoms with Gasteiger partial charge < -0.3 is 4.90 Å². The molecule has 0 aliphatic rings. The van der Waals surface area contributed by atoms with Gasteiger partial charge in [0.15, 0.2) is 0 Å². The van der Waals surface area contributed by atoms with E-state index < -0.39 is 0 Å². The van der Waals surface area contributed by atoms with Crippen molar-refractivity contribution in [2.24, 2.45) is 0 Å². The normalized spacial score (nSPS) is 13.9. The zero-order chi connectivity index (χ0) is 9.72. The van der Waals surface area contributed by atoms with E-state index in [9.17, 15) is 9.18 Å². The first kappa shape index (κ1) is 11.4. The lowest BCUT2D eigenvalue weighted by Gasteiger charge is -2.05. The third-order valence-corrected chi connectivity index (χ3v) is 2.16. The molecule has 2 nitrogen and oxygen atoms in total. The summed E-state index contributed by atoms with van der Waals surface area (Å²) in [6.45, 7) is 3.00. The highest BCUT2D eigenvalue weighted by Gasteiger charge is 2.00. The minimum atomic E-state index is -0.266. The number of carbonyl (C=O) groups excluding carboxylic acids is 1. The van der Waals surface area contributed by atoms with Crippen molar-refractivity contribution in [1.82, 2.24) is 4.90 Å². The predicted octanol–water partition coefficient (Wildman–Crippen LogP) is 2.57. The summed E-state index contributed by atoms with van der Waals surface area (Å²) >= 11 is 3.15. The van der Waals surface area contributed by atoms with Gasteiger partial charge in [-0.2, -0.15) is 0 Å². The standard InChI is InChI=1S/C8H11BrFNO/c1-6(7(2)10)8(9)4-11(3)5-12/h4-5H,1-3H3/b7-6+,8-4+. The Morgan fingerprint density at radius 1 is 1.50 bits per heavy atom. The molecule has 1 amide bonds. The average molecular weight is 236 g/mol. The van der Waals surface area contributed by atoms with Crippen LogP contribution in [-0.4, -0.2) is 18.4 Å². The monoisotopic (exact) mass is 235 g/mol. The molecule has 0 radical (unpaired) electrons. The van der Waals surface area contributed by atoms with Gasteiger partial charge in [-0.1, -0.05) is 0 Å². The molecular formula is C8H11BrFNO. The number of hydrogen-bond donors (Lipinski definition) is 0. The van der Waals surface area contributed by atoms with E-state index in [0.717, 1.165) is 0 Å². The van der Waals surface area contributed by atoms with Crippen molar-refractivity contribution in [3.05, 3.63) is 22.1 Å². The van der Waals surface area contributed by atoms with Gasteiger partial charge in [0.1, 0.15) is 5.83 Å². The molecule has 0 aliphatic heterocycles. The summed E-state index contributed by atoms with van der Waals surface area (Å²) in [6.07, 6.45) is 2.15. The summed E-state index contributed by atoms with van der Waals surface area (Å²) in [5.74, 6) is -0.266. The second-order valence-electron chi connectivity index (χ2n) is 2.41. The molecule has 0 spiro atoms. The molecule has 0 rings (SSSR count). The lowest BCUT2D eigenvalue weighted by Crippen LogP contribution is -2.07. The highest BCUT2D eigenvalue weighted by molar-refractivity contribution is 9.12. The smallest absolute Gasteiger partial charge is 0.213 e. The average Bonchev–Trinajstić information content (AvgIpc) is 2.02. The van der Waals surface area contributed by atoms with Crippen LogP contribution in [0.5, 0.6) is 0 Å². The fourth-order valence-corrected chi connectivity index (χ4v) is 1.07. The number of carbonyl (C=O) groups is 1. The van der Waals surface area contributed by atoms with Crippen LogP contribution in [0.15, 0.2) is 22.1 Å². The van der Waals surface area contributed by atoms with Crippen molar-refractivity contribution in [2.45, 2.75) is 13.8 Å². The van der Waals surface area contributed by atoms with E-state index in [1.54, 1.807) is 14.0 Å². The Kier molecular flexibility index (Phi) is 4.81. The topological polar surface area (TPSA) is 20.3 Å². The lowest BCUT2D eigenvalue weighted by atomic mass is 10.3. The Balaban J connectivity index is 4.59. The van der Waals surface area contributed by atoms with E-state index in [1.807, 2.05) is 0 Å². The van der Waals surface area contributed by atoms with Gasteiger partial charge in [-0.05, 0) is 35.4 Å². The molecule has 0 aromatic carbocycles. The summed E-state index contributed by atoms with van der Waals surface area (Å²) < 4.78 is 13.2. The fraction of sp³-hybridized carbons (Fsp3) is 0.375. The molecular weight excluding hydrogens is 225 g/mol. The molecule has 0 aromatic rings. The van der Waals surface area contributed by atoms with Crippen LogP contribution in [0.3, 0.4) is 0 Å². The molecule has 0 atom stereocenters. The molecule has 12 heavy (non-hydrogen) atoms. The van der Waals surface area contributed by atoms with Gasteiger partial charge in [-0.3, -0.25) is 4.79 Å². The number of halogens is 2. The Hall–Kier alpha value is -0.640. The number of rotatable bonds is 3. The first-order valence-electron chi connectivity index (χ1n) is 3.37. The molecule has 0 unspecified atom stereocenters. The van der Waals surface area contributed by atoms with Gasteiger partial charge in [0, 0.05) is 17.7 Å². The van der Waals surface area contributed by atoms with Crippen LogP contribution >= 0.6 is 15.9 Å². The van der Waals surface area contributed by atoms with E-state index in [-0.39, 0.29) is 5.83 Å². The minimum absolute atomic E-state index is 0.266. The molecule has 0 saturated heterocycles. The van der Waals surface area contributed by atoms with Crippen LogP contribution in [0.2, 0.25) is 0 Å². The van der Waals surface area contributed by atoms with Crippen LogP contribution in [0.4, 0.5) is 4.39 Å². The van der Waals surface area contributed by atoms with Crippen LogP contribution in [0.25, 0.3) is 0 Å². The van der Waals surface area contributed by atoms with Crippen LogP contribution in [-0.2, 0) is 4.79 Å². The third kappa shape index (κ3) is 3.67. The minimum Gasteiger partial charge on any atom is -0.324 e. The zero-order valence-electron chi connectivity index (χ0n) is 7.27. The Morgan fingerprint density at radius 2 is 2.00 bits per heavy atom. The molecule has 0 heterocycles. The number of nitrogens with zero attached hydrogens (tertiary/aromatic N) is 1. The highest BCUT2D eigenvalue weighted by atomic mass is 79.9. The number of allylic oxidation sites excluding steroid dienone is 3. The maximum Gasteiger partial charge on any atom is 0.213 e. The number of hydrogen-bond acceptors (Lipinski definition) is 1. The lowest BCUT2D eigenvalue weighted by molar-refractivity contribution is -0.115. The van der Waals surface area contributed by atoms with Gasteiger partial charge in [0.25, 0.3) is 0 Å². The SMILES string of the molecule is C/C(F)=C(C)\C(Br)=C/N(C)C=O. The summed E-state index contributed by atoms with van der Waals surface area (Å²) in [7, 11) is 1.58. The van der Waals surface area contributed by atoms with Gasteiger partial charge in [-0.25, -0.2) is 4.39 Å². The summed E-state index contributed by atoms with van der Waals surface area (Å²) in [4.78, 5) is 11.5. The van der Waals surface area contributed by atoms with Crippen LogP contribution in [0.1, 0.15) is 13.8 Å². The first-order valence-corrected chi connectivity index (χ1v) is 4.16. The van der Waals surface area contributed by atoms with E-state index in [2.05, 4.69) is 15.9 Å². The quantitative estimate of drug-likeness (QED) is 0.544. The second kappa shape index (κ2) is 5.09. The predicted molar refractivity (Wildman–Crippen MR) is 50.3 cm³/mol. The van der Waals surface area contributed by atoms with E-state index >= 15 is 0 Å². The van der Waals surface area contributed by atoms with Crippen molar-refractivity contribution in [3.63, 3.8) is 0 Å². The van der Waals surface area contributed by atoms with Gasteiger partial charge in [0.2, 0.25) is 6.41 Å². The van der Waals surface area contributed by atoms with Crippen molar-refractivity contribution in [1.29, 1.82) is 0 Å². The van der Waals surface area contributed by atoms with Gasteiger partial charge in [-0.15, -0.1) is 0 Å². The molecule has 0 saturated carbocycles. The van der Waals surface area contributed by atoms with Gasteiger partial charge >= 0.3 is 0 Å². The fourth-order valence-electron chi connectivity index (χ4n) is 0.471. The van der Waals surface area contributed by atoms with Crippen molar-refractivity contribution in [3.8, 4) is 0 Å².